The second-order valence-electron chi connectivity index (χ2n) is 3.60. The van der Waals surface area contributed by atoms with Crippen molar-refractivity contribution in [2.75, 3.05) is 7.11 Å². The summed E-state index contributed by atoms with van der Waals surface area (Å²) in [6, 6.07) is 6.99. The Morgan fingerprint density at radius 3 is 2.83 bits per heavy atom. The fourth-order valence-corrected chi connectivity index (χ4v) is 1.49. The highest BCUT2D eigenvalue weighted by atomic mass is 16.5. The van der Waals surface area contributed by atoms with Crippen molar-refractivity contribution in [3.63, 3.8) is 0 Å². The molecule has 0 bridgehead atoms. The van der Waals surface area contributed by atoms with E-state index in [-0.39, 0.29) is 12.5 Å². The fraction of sp³-hybridized carbons (Fsp3) is 0.250. The van der Waals surface area contributed by atoms with Crippen LogP contribution in [0, 0.1) is 6.92 Å². The van der Waals surface area contributed by atoms with Crippen LogP contribution in [0.3, 0.4) is 0 Å². The average molecular weight is 247 g/mol. The monoisotopic (exact) mass is 247 g/mol. The lowest BCUT2D eigenvalue weighted by Crippen LogP contribution is -2.23. The van der Waals surface area contributed by atoms with Crippen molar-refractivity contribution in [1.82, 2.24) is 15.5 Å². The fourth-order valence-electron chi connectivity index (χ4n) is 1.49. The molecule has 0 atom stereocenters. The van der Waals surface area contributed by atoms with Crippen LogP contribution in [-0.2, 0) is 6.54 Å². The lowest BCUT2D eigenvalue weighted by molar-refractivity contribution is 0.0944. The van der Waals surface area contributed by atoms with Gasteiger partial charge >= 0.3 is 0 Å². The summed E-state index contributed by atoms with van der Waals surface area (Å²) in [7, 11) is 1.52. The molecule has 0 radical (unpaired) electrons. The zero-order valence-electron chi connectivity index (χ0n) is 10.1. The summed E-state index contributed by atoms with van der Waals surface area (Å²) >= 11 is 0. The van der Waals surface area contributed by atoms with E-state index in [0.29, 0.717) is 23.1 Å². The molecule has 0 aliphatic heterocycles. The normalized spacial score (nSPS) is 10.1. The summed E-state index contributed by atoms with van der Waals surface area (Å²) < 4.78 is 10.3. The summed E-state index contributed by atoms with van der Waals surface area (Å²) in [6.45, 7) is 1.89. The van der Waals surface area contributed by atoms with Gasteiger partial charge in [-0.2, -0.15) is 0 Å². The molecule has 0 spiro atoms. The minimum atomic E-state index is -0.247. The Bertz CT molecular complexity index is 551. The number of carbonyl (C=O) groups excluding carboxylic acids is 1. The zero-order chi connectivity index (χ0) is 13.0. The highest BCUT2D eigenvalue weighted by Crippen LogP contribution is 2.16. The number of aryl methyl sites for hydroxylation is 1. The Labute approximate surface area is 104 Å². The van der Waals surface area contributed by atoms with E-state index < -0.39 is 0 Å². The number of carbonyl (C=O) groups is 1. The molecule has 18 heavy (non-hydrogen) atoms. The Hall–Kier alpha value is -2.37. The van der Waals surface area contributed by atoms with Crippen molar-refractivity contribution in [3.05, 3.63) is 41.6 Å². The van der Waals surface area contributed by atoms with Gasteiger partial charge in [-0.05, 0) is 12.1 Å². The molecule has 6 nitrogen and oxygen atoms in total. The Morgan fingerprint density at radius 2 is 2.17 bits per heavy atom. The van der Waals surface area contributed by atoms with Crippen LogP contribution in [0.15, 0.2) is 28.7 Å². The van der Waals surface area contributed by atoms with Crippen molar-refractivity contribution in [3.8, 4) is 5.75 Å². The number of nitrogens with zero attached hydrogens (tertiary/aromatic N) is 2. The van der Waals surface area contributed by atoms with E-state index in [4.69, 9.17) is 9.15 Å². The molecular weight excluding hydrogens is 234 g/mol. The number of rotatable bonds is 4. The van der Waals surface area contributed by atoms with E-state index in [1.165, 1.54) is 7.11 Å². The Balaban J connectivity index is 2.03. The molecule has 0 aliphatic carbocycles. The van der Waals surface area contributed by atoms with Crippen LogP contribution < -0.4 is 10.1 Å². The van der Waals surface area contributed by atoms with Gasteiger partial charge in [0.25, 0.3) is 5.91 Å². The van der Waals surface area contributed by atoms with Gasteiger partial charge in [0.15, 0.2) is 0 Å². The Morgan fingerprint density at radius 1 is 1.39 bits per heavy atom. The molecule has 0 aliphatic rings. The summed E-state index contributed by atoms with van der Waals surface area (Å²) in [5.41, 5.74) is 0.469. The van der Waals surface area contributed by atoms with Crippen LogP contribution >= 0.6 is 0 Å². The topological polar surface area (TPSA) is 77.2 Å². The van der Waals surface area contributed by atoms with Crippen LogP contribution in [-0.4, -0.2) is 23.2 Å². The number of nitrogens with one attached hydrogen (secondary N) is 1. The van der Waals surface area contributed by atoms with Crippen molar-refractivity contribution < 1.29 is 13.9 Å². The predicted molar refractivity (Wildman–Crippen MR) is 63.2 cm³/mol. The highest BCUT2D eigenvalue weighted by molar-refractivity contribution is 5.96. The maximum atomic E-state index is 11.9. The largest absolute Gasteiger partial charge is 0.496 e. The molecule has 0 unspecified atom stereocenters. The summed E-state index contributed by atoms with van der Waals surface area (Å²) in [6.07, 6.45) is 0. The lowest BCUT2D eigenvalue weighted by Gasteiger charge is -2.07. The second kappa shape index (κ2) is 5.31. The van der Waals surface area contributed by atoms with E-state index in [1.54, 1.807) is 31.2 Å². The van der Waals surface area contributed by atoms with E-state index in [1.807, 2.05) is 0 Å². The minimum absolute atomic E-state index is 0.192. The lowest BCUT2D eigenvalue weighted by atomic mass is 10.2. The minimum Gasteiger partial charge on any atom is -0.496 e. The van der Waals surface area contributed by atoms with Crippen molar-refractivity contribution >= 4 is 5.91 Å². The number of hydrogen-bond donors (Lipinski definition) is 1. The maximum absolute atomic E-state index is 11.9. The summed E-state index contributed by atoms with van der Waals surface area (Å²) in [5.74, 6) is 1.12. The predicted octanol–water partition coefficient (Wildman–Crippen LogP) is 1.32. The van der Waals surface area contributed by atoms with E-state index in [2.05, 4.69) is 15.5 Å². The first-order chi connectivity index (χ1) is 8.70. The quantitative estimate of drug-likeness (QED) is 0.881. The Kier molecular flexibility index (Phi) is 3.57. The molecule has 0 saturated heterocycles. The molecule has 1 N–H and O–H groups in total. The third kappa shape index (κ3) is 2.65. The van der Waals surface area contributed by atoms with E-state index in [9.17, 15) is 4.79 Å². The van der Waals surface area contributed by atoms with Crippen LogP contribution in [0.2, 0.25) is 0 Å². The van der Waals surface area contributed by atoms with Gasteiger partial charge in [0.05, 0.1) is 19.2 Å². The first-order valence-corrected chi connectivity index (χ1v) is 5.41. The van der Waals surface area contributed by atoms with Crippen molar-refractivity contribution in [1.29, 1.82) is 0 Å². The van der Waals surface area contributed by atoms with Gasteiger partial charge in [0, 0.05) is 6.92 Å². The molecule has 6 heteroatoms. The van der Waals surface area contributed by atoms with Gasteiger partial charge in [-0.15, -0.1) is 10.2 Å². The zero-order valence-corrected chi connectivity index (χ0v) is 10.1. The van der Waals surface area contributed by atoms with Crippen LogP contribution in [0.5, 0.6) is 5.75 Å². The SMILES string of the molecule is COc1ccccc1C(=O)NCc1nnc(C)o1. The summed E-state index contributed by atoms with van der Waals surface area (Å²) in [4.78, 5) is 11.9. The molecule has 1 aromatic heterocycles. The van der Waals surface area contributed by atoms with Crippen molar-refractivity contribution in [2.45, 2.75) is 13.5 Å². The van der Waals surface area contributed by atoms with Gasteiger partial charge < -0.3 is 14.5 Å². The molecule has 0 fully saturated rings. The molecule has 1 aromatic carbocycles. The highest BCUT2D eigenvalue weighted by Gasteiger charge is 2.12. The van der Waals surface area contributed by atoms with Gasteiger partial charge in [0.2, 0.25) is 11.8 Å². The van der Waals surface area contributed by atoms with Crippen LogP contribution in [0.25, 0.3) is 0 Å². The van der Waals surface area contributed by atoms with Gasteiger partial charge in [-0.1, -0.05) is 12.1 Å². The standard InChI is InChI=1S/C12H13N3O3/c1-8-14-15-11(18-8)7-13-12(16)9-5-3-4-6-10(9)17-2/h3-6H,7H2,1-2H3,(H,13,16). The number of ether oxygens (including phenoxy) is 1. The third-order valence-corrected chi connectivity index (χ3v) is 2.32. The number of benzene rings is 1. The number of methoxy groups -OCH3 is 1. The molecule has 94 valence electrons. The molecule has 2 rings (SSSR count). The van der Waals surface area contributed by atoms with Crippen LogP contribution in [0.4, 0.5) is 0 Å². The van der Waals surface area contributed by atoms with Gasteiger partial charge in [-0.3, -0.25) is 4.79 Å². The maximum Gasteiger partial charge on any atom is 0.255 e. The number of para-hydroxylation sites is 1. The molecular formula is C12H13N3O3. The molecule has 1 heterocycles. The average Bonchev–Trinajstić information content (AvgIpc) is 2.81. The van der Waals surface area contributed by atoms with E-state index in [0.717, 1.165) is 0 Å². The number of amides is 1. The first-order valence-electron chi connectivity index (χ1n) is 5.41. The molecule has 1 amide bonds. The third-order valence-electron chi connectivity index (χ3n) is 2.32. The molecule has 2 aromatic rings. The van der Waals surface area contributed by atoms with Gasteiger partial charge in [-0.25, -0.2) is 0 Å². The molecule has 0 saturated carbocycles. The number of aromatic nitrogens is 2. The second-order valence-corrected chi connectivity index (χ2v) is 3.60. The van der Waals surface area contributed by atoms with Crippen LogP contribution in [0.1, 0.15) is 22.1 Å². The summed E-state index contributed by atoms with van der Waals surface area (Å²) in [5, 5.41) is 10.2. The smallest absolute Gasteiger partial charge is 0.255 e. The van der Waals surface area contributed by atoms with Crippen molar-refractivity contribution in [2.24, 2.45) is 0 Å². The van der Waals surface area contributed by atoms with E-state index >= 15 is 0 Å². The number of hydrogen-bond acceptors (Lipinski definition) is 5. The van der Waals surface area contributed by atoms with Gasteiger partial charge in [0.1, 0.15) is 5.75 Å². The first kappa shape index (κ1) is 12.1.